The van der Waals surface area contributed by atoms with Crippen LogP contribution < -0.4 is 5.32 Å². The van der Waals surface area contributed by atoms with Gasteiger partial charge in [-0.15, -0.1) is 0 Å². The molecule has 0 heterocycles. The Bertz CT molecular complexity index is 155. The third-order valence-electron chi connectivity index (χ3n) is 2.17. The van der Waals surface area contributed by atoms with E-state index in [1.165, 1.54) is 0 Å². The highest BCUT2D eigenvalue weighted by molar-refractivity contribution is 5.75. The predicted molar refractivity (Wildman–Crippen MR) is 53.6 cm³/mol. The van der Waals surface area contributed by atoms with E-state index in [1.807, 2.05) is 0 Å². The minimum absolute atomic E-state index is 0.0529. The quantitative estimate of drug-likeness (QED) is 0.643. The Morgan fingerprint density at radius 1 is 1.46 bits per heavy atom. The molecular weight excluding hydrogens is 166 g/mol. The van der Waals surface area contributed by atoms with E-state index in [0.29, 0.717) is 13.0 Å². The molecule has 0 aliphatic heterocycles. The van der Waals surface area contributed by atoms with Crippen molar-refractivity contribution in [1.82, 2.24) is 5.32 Å². The molecule has 0 saturated heterocycles. The molecule has 0 aromatic heterocycles. The lowest BCUT2D eigenvalue weighted by Gasteiger charge is -2.23. The number of ether oxygens (including phenoxy) is 1. The van der Waals surface area contributed by atoms with Gasteiger partial charge in [-0.2, -0.15) is 0 Å². The van der Waals surface area contributed by atoms with Gasteiger partial charge in [0.1, 0.15) is 0 Å². The van der Waals surface area contributed by atoms with Crippen molar-refractivity contribution in [3.8, 4) is 0 Å². The van der Waals surface area contributed by atoms with Gasteiger partial charge in [0.05, 0.1) is 5.60 Å². The molecule has 78 valence electrons. The van der Waals surface area contributed by atoms with Gasteiger partial charge in [-0.1, -0.05) is 6.92 Å². The number of carbonyl (C=O) groups is 1. The normalized spacial score (nSPS) is 11.4. The molecule has 13 heavy (non-hydrogen) atoms. The summed E-state index contributed by atoms with van der Waals surface area (Å²) in [5.74, 6) is 0.0814. The van der Waals surface area contributed by atoms with E-state index < -0.39 is 0 Å². The van der Waals surface area contributed by atoms with Gasteiger partial charge in [-0.3, -0.25) is 4.79 Å². The van der Waals surface area contributed by atoms with Crippen LogP contribution in [0.3, 0.4) is 0 Å². The average Bonchev–Trinajstić information content (AvgIpc) is 2.12. The van der Waals surface area contributed by atoms with E-state index in [1.54, 1.807) is 7.05 Å². The van der Waals surface area contributed by atoms with Crippen molar-refractivity contribution >= 4 is 5.91 Å². The summed E-state index contributed by atoms with van der Waals surface area (Å²) in [6, 6.07) is 0. The first-order chi connectivity index (χ1) is 6.02. The van der Waals surface area contributed by atoms with Gasteiger partial charge in [0.25, 0.3) is 0 Å². The van der Waals surface area contributed by atoms with Gasteiger partial charge in [-0.05, 0) is 26.7 Å². The molecule has 0 radical (unpaired) electrons. The van der Waals surface area contributed by atoms with Crippen molar-refractivity contribution in [2.45, 2.75) is 45.6 Å². The Balaban J connectivity index is 3.41. The zero-order valence-corrected chi connectivity index (χ0v) is 9.14. The molecular formula is C10H21NO2. The molecule has 0 rings (SSSR count). The van der Waals surface area contributed by atoms with Crippen molar-refractivity contribution in [1.29, 1.82) is 0 Å². The van der Waals surface area contributed by atoms with Gasteiger partial charge in [-0.25, -0.2) is 0 Å². The Hall–Kier alpha value is -0.570. The fourth-order valence-corrected chi connectivity index (χ4v) is 0.808. The molecule has 0 aromatic carbocycles. The first kappa shape index (κ1) is 12.4. The van der Waals surface area contributed by atoms with Gasteiger partial charge in [0.15, 0.2) is 0 Å². The fourth-order valence-electron chi connectivity index (χ4n) is 0.808. The molecule has 0 aromatic rings. The predicted octanol–water partition coefficient (Wildman–Crippen LogP) is 1.72. The van der Waals surface area contributed by atoms with E-state index in [2.05, 4.69) is 26.1 Å². The van der Waals surface area contributed by atoms with Gasteiger partial charge >= 0.3 is 0 Å². The number of carbonyl (C=O) groups excluding carboxylic acids is 1. The summed E-state index contributed by atoms with van der Waals surface area (Å²) >= 11 is 0. The molecule has 0 spiro atoms. The van der Waals surface area contributed by atoms with Crippen molar-refractivity contribution in [3.63, 3.8) is 0 Å². The van der Waals surface area contributed by atoms with Crippen LogP contribution in [0.15, 0.2) is 0 Å². The topological polar surface area (TPSA) is 38.3 Å². The lowest BCUT2D eigenvalue weighted by molar-refractivity contribution is -0.121. The third kappa shape index (κ3) is 6.58. The minimum Gasteiger partial charge on any atom is -0.376 e. The van der Waals surface area contributed by atoms with E-state index in [4.69, 9.17) is 4.74 Å². The second kappa shape index (κ2) is 5.97. The lowest BCUT2D eigenvalue weighted by atomic mass is 10.1. The summed E-state index contributed by atoms with van der Waals surface area (Å²) in [7, 11) is 1.65. The van der Waals surface area contributed by atoms with Crippen molar-refractivity contribution in [3.05, 3.63) is 0 Å². The smallest absolute Gasteiger partial charge is 0.219 e. The second-order valence-corrected chi connectivity index (χ2v) is 3.74. The number of nitrogens with one attached hydrogen (secondary N) is 1. The molecule has 0 aliphatic carbocycles. The number of hydrogen-bond donors (Lipinski definition) is 1. The molecule has 3 nitrogen and oxygen atoms in total. The van der Waals surface area contributed by atoms with Crippen molar-refractivity contribution in [2.24, 2.45) is 0 Å². The summed E-state index contributed by atoms with van der Waals surface area (Å²) in [5.41, 5.74) is -0.0529. The van der Waals surface area contributed by atoms with Gasteiger partial charge in [0.2, 0.25) is 5.91 Å². The van der Waals surface area contributed by atoms with Crippen LogP contribution in [0.5, 0.6) is 0 Å². The Morgan fingerprint density at radius 2 is 2.08 bits per heavy atom. The van der Waals surface area contributed by atoms with Crippen LogP contribution in [0.1, 0.15) is 40.0 Å². The Kier molecular flexibility index (Phi) is 5.71. The largest absolute Gasteiger partial charge is 0.376 e. The van der Waals surface area contributed by atoms with Crippen molar-refractivity contribution in [2.75, 3.05) is 13.7 Å². The SMILES string of the molecule is CCC(C)(C)OCCCC(=O)NC. The monoisotopic (exact) mass is 187 g/mol. The minimum atomic E-state index is -0.0529. The summed E-state index contributed by atoms with van der Waals surface area (Å²) in [6.45, 7) is 6.88. The highest BCUT2D eigenvalue weighted by atomic mass is 16.5. The zero-order chi connectivity index (χ0) is 10.3. The summed E-state index contributed by atoms with van der Waals surface area (Å²) in [5, 5.41) is 2.58. The maximum Gasteiger partial charge on any atom is 0.219 e. The molecule has 1 N–H and O–H groups in total. The van der Waals surface area contributed by atoms with E-state index >= 15 is 0 Å². The second-order valence-electron chi connectivity index (χ2n) is 3.74. The number of rotatable bonds is 6. The molecule has 0 fully saturated rings. The highest BCUT2D eigenvalue weighted by Gasteiger charge is 2.14. The number of hydrogen-bond acceptors (Lipinski definition) is 2. The molecule has 1 amide bonds. The lowest BCUT2D eigenvalue weighted by Crippen LogP contribution is -2.24. The Labute approximate surface area is 80.8 Å². The van der Waals surface area contributed by atoms with Crippen LogP contribution in [0.2, 0.25) is 0 Å². The summed E-state index contributed by atoms with van der Waals surface area (Å²) in [4.78, 5) is 10.8. The standard InChI is InChI=1S/C10H21NO2/c1-5-10(2,3)13-8-6-7-9(12)11-4/h5-8H2,1-4H3,(H,11,12). The van der Waals surface area contributed by atoms with Crippen LogP contribution >= 0.6 is 0 Å². The van der Waals surface area contributed by atoms with E-state index in [-0.39, 0.29) is 11.5 Å². The van der Waals surface area contributed by atoms with Gasteiger partial charge in [0, 0.05) is 20.1 Å². The van der Waals surface area contributed by atoms with Crippen LogP contribution in [0.25, 0.3) is 0 Å². The fraction of sp³-hybridized carbons (Fsp3) is 0.900. The van der Waals surface area contributed by atoms with E-state index in [0.717, 1.165) is 12.8 Å². The number of amides is 1. The summed E-state index contributed by atoms with van der Waals surface area (Å²) in [6.07, 6.45) is 2.34. The van der Waals surface area contributed by atoms with Crippen LogP contribution in [-0.4, -0.2) is 25.2 Å². The third-order valence-corrected chi connectivity index (χ3v) is 2.17. The first-order valence-corrected chi connectivity index (χ1v) is 4.86. The average molecular weight is 187 g/mol. The summed E-state index contributed by atoms with van der Waals surface area (Å²) < 4.78 is 5.59. The molecule has 3 heteroatoms. The van der Waals surface area contributed by atoms with E-state index in [9.17, 15) is 4.79 Å². The maximum atomic E-state index is 10.8. The highest BCUT2D eigenvalue weighted by Crippen LogP contribution is 2.13. The molecule has 0 saturated carbocycles. The van der Waals surface area contributed by atoms with Crippen molar-refractivity contribution < 1.29 is 9.53 Å². The van der Waals surface area contributed by atoms with Crippen LogP contribution in [0, 0.1) is 0 Å². The van der Waals surface area contributed by atoms with Crippen LogP contribution in [-0.2, 0) is 9.53 Å². The van der Waals surface area contributed by atoms with Gasteiger partial charge < -0.3 is 10.1 Å². The molecule has 0 atom stereocenters. The zero-order valence-electron chi connectivity index (χ0n) is 9.14. The molecule has 0 bridgehead atoms. The maximum absolute atomic E-state index is 10.8. The molecule has 0 aliphatic rings. The molecule has 0 unspecified atom stereocenters. The Morgan fingerprint density at radius 3 is 2.54 bits per heavy atom. The first-order valence-electron chi connectivity index (χ1n) is 4.86. The van der Waals surface area contributed by atoms with Crippen LogP contribution in [0.4, 0.5) is 0 Å².